The Labute approximate surface area is 186 Å². The molecule has 2 heterocycles. The van der Waals surface area contributed by atoms with Gasteiger partial charge in [0.25, 0.3) is 11.5 Å². The van der Waals surface area contributed by atoms with Crippen LogP contribution in [0.4, 0.5) is 5.69 Å². The van der Waals surface area contributed by atoms with Gasteiger partial charge in [0.1, 0.15) is 0 Å². The number of nitrogens with zero attached hydrogens (tertiary/aromatic N) is 2. The highest BCUT2D eigenvalue weighted by Crippen LogP contribution is 2.32. The molecule has 0 fully saturated rings. The lowest BCUT2D eigenvalue weighted by Gasteiger charge is -2.10. The topological polar surface area (TPSA) is 79.8 Å². The largest absolute Gasteiger partial charge is 0.332 e. The zero-order chi connectivity index (χ0) is 21.4. The van der Waals surface area contributed by atoms with Gasteiger partial charge < -0.3 is 10.3 Å². The Morgan fingerprint density at radius 3 is 2.73 bits per heavy atom. The summed E-state index contributed by atoms with van der Waals surface area (Å²) in [4.78, 5) is 33.6. The van der Waals surface area contributed by atoms with Crippen molar-refractivity contribution in [3.05, 3.63) is 73.7 Å². The number of fused-ring (bicyclic) bond motifs is 1. The monoisotopic (exact) mass is 454 g/mol. The van der Waals surface area contributed by atoms with Gasteiger partial charge in [0.2, 0.25) is 0 Å². The molecular weight excluding hydrogens is 436 g/mol. The van der Waals surface area contributed by atoms with E-state index < -0.39 is 0 Å². The Balaban J connectivity index is 1.57. The number of hydrogen-bond donors (Lipinski definition) is 2. The molecule has 0 aliphatic heterocycles. The fraction of sp³-hybridized carbons (Fsp3) is 0.143. The fourth-order valence-corrected chi connectivity index (χ4v) is 5.06. The summed E-state index contributed by atoms with van der Waals surface area (Å²) in [5.41, 5.74) is 3.49. The highest BCUT2D eigenvalue weighted by Gasteiger charge is 2.12. The first-order chi connectivity index (χ1) is 14.3. The van der Waals surface area contributed by atoms with Crippen molar-refractivity contribution in [1.29, 1.82) is 0 Å². The first-order valence-electron chi connectivity index (χ1n) is 9.07. The number of carbonyl (C=O) groups is 1. The van der Waals surface area contributed by atoms with Crippen molar-refractivity contribution in [1.82, 2.24) is 14.5 Å². The van der Waals surface area contributed by atoms with E-state index in [0.717, 1.165) is 26.2 Å². The van der Waals surface area contributed by atoms with Crippen LogP contribution >= 0.6 is 35.3 Å². The number of rotatable bonds is 4. The number of aryl methyl sites for hydroxylation is 2. The number of anilines is 1. The molecule has 152 valence electrons. The number of aromatic amines is 1. The first kappa shape index (κ1) is 20.5. The third kappa shape index (κ3) is 4.09. The molecule has 0 atom stereocenters. The summed E-state index contributed by atoms with van der Waals surface area (Å²) < 4.78 is 2.67. The lowest BCUT2D eigenvalue weighted by molar-refractivity contribution is 0.102. The second-order valence-electron chi connectivity index (χ2n) is 6.84. The van der Waals surface area contributed by atoms with Crippen LogP contribution < -0.4 is 10.9 Å². The number of thiazole rings is 1. The van der Waals surface area contributed by atoms with Crippen molar-refractivity contribution in [2.24, 2.45) is 7.05 Å². The van der Waals surface area contributed by atoms with E-state index in [2.05, 4.69) is 15.3 Å². The van der Waals surface area contributed by atoms with Gasteiger partial charge in [0, 0.05) is 34.3 Å². The van der Waals surface area contributed by atoms with Crippen molar-refractivity contribution in [2.75, 3.05) is 5.32 Å². The van der Waals surface area contributed by atoms with Gasteiger partial charge in [0.05, 0.1) is 10.9 Å². The summed E-state index contributed by atoms with van der Waals surface area (Å²) in [7, 11) is 1.61. The molecule has 0 aliphatic carbocycles. The Bertz CT molecular complexity index is 1400. The van der Waals surface area contributed by atoms with Crippen molar-refractivity contribution < 1.29 is 4.79 Å². The van der Waals surface area contributed by atoms with Crippen LogP contribution in [0.15, 0.2) is 55.8 Å². The average Bonchev–Trinajstić information content (AvgIpc) is 3.12. The number of carbonyl (C=O) groups excluding carboxylic acids is 1. The minimum Gasteiger partial charge on any atom is -0.332 e. The summed E-state index contributed by atoms with van der Waals surface area (Å²) in [5.74, 6) is -0.254. The Kier molecular flexibility index (Phi) is 5.59. The zero-order valence-corrected chi connectivity index (χ0v) is 18.9. The number of hydrogen-bond acceptors (Lipinski definition) is 6. The number of nitrogens with one attached hydrogen (secondary N) is 2. The third-order valence-corrected chi connectivity index (χ3v) is 7.03. The molecule has 0 saturated heterocycles. The fourth-order valence-electron chi connectivity index (χ4n) is 2.96. The van der Waals surface area contributed by atoms with E-state index in [-0.39, 0.29) is 11.5 Å². The Morgan fingerprint density at radius 2 is 2.03 bits per heavy atom. The Hall–Kier alpha value is -2.75. The van der Waals surface area contributed by atoms with Crippen molar-refractivity contribution >= 4 is 57.8 Å². The van der Waals surface area contributed by atoms with E-state index in [1.54, 1.807) is 48.3 Å². The maximum absolute atomic E-state index is 12.8. The molecule has 1 amide bonds. The standard InChI is InChI=1S/C21H18N4O2S3/c1-11-8-14(30-21-22-12(2)10-29-21)5-7-16(11)23-18(26)13-4-6-15-17(9-13)24-20(28)25(3)19(15)27/h4-10H,1-3H3,(H,23,26)(H,24,28). The lowest BCUT2D eigenvalue weighted by atomic mass is 10.1. The molecular formula is C21H18N4O2S3. The molecule has 0 saturated carbocycles. The third-order valence-electron chi connectivity index (χ3n) is 4.61. The minimum absolute atomic E-state index is 0.194. The van der Waals surface area contributed by atoms with Gasteiger partial charge in [-0.1, -0.05) is 11.8 Å². The van der Waals surface area contributed by atoms with Crippen LogP contribution in [0.3, 0.4) is 0 Å². The van der Waals surface area contributed by atoms with E-state index in [1.807, 2.05) is 37.4 Å². The maximum atomic E-state index is 12.8. The molecule has 0 radical (unpaired) electrons. The number of H-pyrrole nitrogens is 1. The molecule has 0 aliphatic rings. The van der Waals surface area contributed by atoms with E-state index >= 15 is 0 Å². The summed E-state index contributed by atoms with van der Waals surface area (Å²) in [6.07, 6.45) is 0. The molecule has 9 heteroatoms. The summed E-state index contributed by atoms with van der Waals surface area (Å²) in [6, 6.07) is 10.8. The minimum atomic E-state index is -0.254. The summed E-state index contributed by atoms with van der Waals surface area (Å²) >= 11 is 8.38. The highest BCUT2D eigenvalue weighted by atomic mass is 32.2. The SMILES string of the molecule is Cc1csc(Sc2ccc(NC(=O)c3ccc4c(=O)n(C)c(=S)[nH]c4c3)c(C)c2)n1. The molecule has 30 heavy (non-hydrogen) atoms. The van der Waals surface area contributed by atoms with Crippen LogP contribution in [0.2, 0.25) is 0 Å². The predicted molar refractivity (Wildman–Crippen MR) is 124 cm³/mol. The molecule has 4 aromatic rings. The van der Waals surface area contributed by atoms with Crippen LogP contribution in [0.25, 0.3) is 10.9 Å². The van der Waals surface area contributed by atoms with Crippen LogP contribution in [-0.4, -0.2) is 20.4 Å². The smallest absolute Gasteiger partial charge is 0.261 e. The number of amides is 1. The maximum Gasteiger partial charge on any atom is 0.261 e. The van der Waals surface area contributed by atoms with Crippen LogP contribution in [-0.2, 0) is 7.05 Å². The van der Waals surface area contributed by atoms with E-state index in [1.165, 1.54) is 4.57 Å². The zero-order valence-electron chi connectivity index (χ0n) is 16.5. The van der Waals surface area contributed by atoms with E-state index in [4.69, 9.17) is 12.2 Å². The van der Waals surface area contributed by atoms with Crippen LogP contribution in [0, 0.1) is 18.6 Å². The van der Waals surface area contributed by atoms with E-state index in [9.17, 15) is 9.59 Å². The second-order valence-corrected chi connectivity index (χ2v) is 9.41. The van der Waals surface area contributed by atoms with Crippen molar-refractivity contribution in [3.8, 4) is 0 Å². The normalized spacial score (nSPS) is 11.0. The lowest BCUT2D eigenvalue weighted by Crippen LogP contribution is -2.19. The van der Waals surface area contributed by atoms with Gasteiger partial charge in [-0.15, -0.1) is 11.3 Å². The highest BCUT2D eigenvalue weighted by molar-refractivity contribution is 8.01. The first-order valence-corrected chi connectivity index (χ1v) is 11.2. The molecule has 2 aromatic carbocycles. The van der Waals surface area contributed by atoms with Gasteiger partial charge in [-0.3, -0.25) is 14.2 Å². The van der Waals surface area contributed by atoms with Crippen LogP contribution in [0.1, 0.15) is 21.6 Å². The van der Waals surface area contributed by atoms with Gasteiger partial charge >= 0.3 is 0 Å². The quantitative estimate of drug-likeness (QED) is 0.421. The van der Waals surface area contributed by atoms with Gasteiger partial charge in [-0.05, 0) is 68.0 Å². The second kappa shape index (κ2) is 8.17. The summed E-state index contributed by atoms with van der Waals surface area (Å²) in [5, 5.41) is 5.45. The van der Waals surface area contributed by atoms with Gasteiger partial charge in [-0.25, -0.2) is 4.98 Å². The molecule has 0 bridgehead atoms. The van der Waals surface area contributed by atoms with Crippen LogP contribution in [0.5, 0.6) is 0 Å². The summed E-state index contributed by atoms with van der Waals surface area (Å²) in [6.45, 7) is 3.93. The predicted octanol–water partition coefficient (Wildman–Crippen LogP) is 5.07. The number of benzene rings is 2. The number of aromatic nitrogens is 3. The van der Waals surface area contributed by atoms with E-state index in [0.29, 0.717) is 21.2 Å². The molecule has 4 rings (SSSR count). The van der Waals surface area contributed by atoms with Gasteiger partial charge in [0.15, 0.2) is 9.11 Å². The average molecular weight is 455 g/mol. The van der Waals surface area contributed by atoms with Crippen molar-refractivity contribution in [2.45, 2.75) is 23.1 Å². The Morgan fingerprint density at radius 1 is 1.23 bits per heavy atom. The van der Waals surface area contributed by atoms with Gasteiger partial charge in [-0.2, -0.15) is 0 Å². The van der Waals surface area contributed by atoms with Crippen molar-refractivity contribution in [3.63, 3.8) is 0 Å². The molecule has 0 spiro atoms. The molecule has 2 aromatic heterocycles. The molecule has 6 nitrogen and oxygen atoms in total. The molecule has 2 N–H and O–H groups in total. The molecule has 0 unspecified atom stereocenters.